The number of carbonyl (C=O) groups is 1. The highest BCUT2D eigenvalue weighted by Gasteiger charge is 2.20. The Labute approximate surface area is 120 Å². The Morgan fingerprint density at radius 2 is 2.21 bits per heavy atom. The summed E-state index contributed by atoms with van der Waals surface area (Å²) in [7, 11) is 3.30. The van der Waals surface area contributed by atoms with Crippen molar-refractivity contribution < 1.29 is 9.72 Å². The monoisotopic (exact) mass is 329 g/mol. The van der Waals surface area contributed by atoms with Crippen molar-refractivity contribution in [2.24, 2.45) is 5.92 Å². The minimum absolute atomic E-state index is 0.0230. The fourth-order valence-corrected chi connectivity index (χ4v) is 2.14. The van der Waals surface area contributed by atoms with E-state index in [0.29, 0.717) is 12.2 Å². The van der Waals surface area contributed by atoms with Crippen LogP contribution >= 0.6 is 15.9 Å². The van der Waals surface area contributed by atoms with Crippen molar-refractivity contribution in [1.29, 1.82) is 0 Å². The number of hydrogen-bond donors (Lipinski definition) is 1. The summed E-state index contributed by atoms with van der Waals surface area (Å²) < 4.78 is 0.757. The number of nitro groups is 1. The van der Waals surface area contributed by atoms with Crippen LogP contribution in [0.25, 0.3) is 0 Å². The molecule has 1 aromatic rings. The summed E-state index contributed by atoms with van der Waals surface area (Å²) in [5.41, 5.74) is 0.505. The van der Waals surface area contributed by atoms with Crippen LogP contribution in [0.4, 0.5) is 11.4 Å². The van der Waals surface area contributed by atoms with Gasteiger partial charge in [0.25, 0.3) is 5.69 Å². The van der Waals surface area contributed by atoms with E-state index < -0.39 is 4.92 Å². The molecule has 0 aliphatic carbocycles. The molecule has 1 unspecified atom stereocenters. The van der Waals surface area contributed by atoms with Crippen molar-refractivity contribution in [1.82, 2.24) is 5.32 Å². The summed E-state index contributed by atoms with van der Waals surface area (Å²) in [5.74, 6) is -0.349. The van der Waals surface area contributed by atoms with E-state index in [1.54, 1.807) is 38.1 Å². The first-order valence-electron chi connectivity index (χ1n) is 5.73. The molecule has 1 rings (SSSR count). The molecule has 0 aliphatic heterocycles. The van der Waals surface area contributed by atoms with Crippen LogP contribution in [0.15, 0.2) is 22.7 Å². The number of halogens is 1. The van der Waals surface area contributed by atoms with Gasteiger partial charge in [-0.05, 0) is 12.1 Å². The van der Waals surface area contributed by atoms with Crippen LogP contribution in [-0.2, 0) is 4.79 Å². The summed E-state index contributed by atoms with van der Waals surface area (Å²) in [6.45, 7) is 2.18. The molecule has 0 aromatic heterocycles. The Balaban J connectivity index is 2.98. The number of rotatable bonds is 5. The van der Waals surface area contributed by atoms with E-state index in [0.717, 1.165) is 4.47 Å². The minimum atomic E-state index is -0.428. The van der Waals surface area contributed by atoms with E-state index in [1.807, 2.05) is 0 Å². The Morgan fingerprint density at radius 1 is 1.58 bits per heavy atom. The molecule has 0 fully saturated rings. The molecule has 1 N–H and O–H groups in total. The lowest BCUT2D eigenvalue weighted by atomic mass is 10.1. The highest BCUT2D eigenvalue weighted by molar-refractivity contribution is 9.10. The Hall–Kier alpha value is -1.63. The number of amides is 1. The van der Waals surface area contributed by atoms with Crippen molar-refractivity contribution in [3.05, 3.63) is 32.8 Å². The lowest BCUT2D eigenvalue weighted by Crippen LogP contribution is -2.34. The van der Waals surface area contributed by atoms with Gasteiger partial charge in [-0.1, -0.05) is 22.9 Å². The van der Waals surface area contributed by atoms with Gasteiger partial charge < -0.3 is 10.2 Å². The van der Waals surface area contributed by atoms with Gasteiger partial charge in [-0.3, -0.25) is 14.9 Å². The zero-order valence-corrected chi connectivity index (χ0v) is 12.6. The van der Waals surface area contributed by atoms with Crippen molar-refractivity contribution in [2.45, 2.75) is 6.92 Å². The van der Waals surface area contributed by atoms with E-state index >= 15 is 0 Å². The molecule has 7 heteroatoms. The highest BCUT2D eigenvalue weighted by atomic mass is 79.9. The predicted molar refractivity (Wildman–Crippen MR) is 77.3 cm³/mol. The first-order chi connectivity index (χ1) is 8.86. The standard InChI is InChI=1S/C12H16BrN3O3/c1-8(12(17)14-2)7-15(3)11-6-9(13)4-5-10(11)16(18)19/h4-6,8H,7H2,1-3H3,(H,14,17). The summed E-state index contributed by atoms with van der Waals surface area (Å²) in [6.07, 6.45) is 0. The molecule has 0 heterocycles. The average molecular weight is 330 g/mol. The maximum Gasteiger partial charge on any atom is 0.292 e. The van der Waals surface area contributed by atoms with E-state index in [2.05, 4.69) is 21.2 Å². The molecule has 19 heavy (non-hydrogen) atoms. The molecule has 0 saturated carbocycles. The smallest absolute Gasteiger partial charge is 0.292 e. The lowest BCUT2D eigenvalue weighted by Gasteiger charge is -2.22. The number of nitrogens with one attached hydrogen (secondary N) is 1. The fourth-order valence-electron chi connectivity index (χ4n) is 1.80. The molecule has 1 aromatic carbocycles. The number of hydrogen-bond acceptors (Lipinski definition) is 4. The maximum absolute atomic E-state index is 11.5. The van der Waals surface area contributed by atoms with Crippen LogP contribution < -0.4 is 10.2 Å². The van der Waals surface area contributed by atoms with Crippen LogP contribution in [0.3, 0.4) is 0 Å². The first-order valence-corrected chi connectivity index (χ1v) is 6.52. The summed E-state index contributed by atoms with van der Waals surface area (Å²) >= 11 is 3.29. The Kier molecular flexibility index (Phi) is 5.29. The highest BCUT2D eigenvalue weighted by Crippen LogP contribution is 2.30. The molecule has 0 aliphatic rings. The van der Waals surface area contributed by atoms with Gasteiger partial charge in [0.05, 0.1) is 10.8 Å². The van der Waals surface area contributed by atoms with Gasteiger partial charge in [0.2, 0.25) is 5.91 Å². The molecule has 0 saturated heterocycles. The van der Waals surface area contributed by atoms with Gasteiger partial charge in [0, 0.05) is 31.2 Å². The third kappa shape index (κ3) is 3.92. The summed E-state index contributed by atoms with van der Waals surface area (Å²) in [6, 6.07) is 4.74. The molecular weight excluding hydrogens is 314 g/mol. The second kappa shape index (κ2) is 6.51. The van der Waals surface area contributed by atoms with Gasteiger partial charge >= 0.3 is 0 Å². The van der Waals surface area contributed by atoms with Gasteiger partial charge in [0.1, 0.15) is 5.69 Å². The van der Waals surface area contributed by atoms with Crippen LogP contribution in [0.2, 0.25) is 0 Å². The lowest BCUT2D eigenvalue weighted by molar-refractivity contribution is -0.384. The minimum Gasteiger partial charge on any atom is -0.368 e. The average Bonchev–Trinajstić information content (AvgIpc) is 2.36. The van der Waals surface area contributed by atoms with Crippen LogP contribution in [-0.4, -0.2) is 31.5 Å². The zero-order valence-electron chi connectivity index (χ0n) is 11.0. The van der Waals surface area contributed by atoms with Gasteiger partial charge in [-0.15, -0.1) is 0 Å². The molecule has 104 valence electrons. The third-order valence-corrected chi connectivity index (χ3v) is 3.28. The number of benzene rings is 1. The van der Waals surface area contributed by atoms with Crippen molar-refractivity contribution in [3.8, 4) is 0 Å². The van der Waals surface area contributed by atoms with Crippen molar-refractivity contribution >= 4 is 33.2 Å². The van der Waals surface area contributed by atoms with Crippen LogP contribution in [0, 0.1) is 16.0 Å². The second-order valence-electron chi connectivity index (χ2n) is 4.29. The summed E-state index contributed by atoms with van der Waals surface area (Å²) in [5, 5.41) is 13.6. The number of nitrogens with zero attached hydrogens (tertiary/aromatic N) is 2. The quantitative estimate of drug-likeness (QED) is 0.663. The van der Waals surface area contributed by atoms with Crippen molar-refractivity contribution in [3.63, 3.8) is 0 Å². The maximum atomic E-state index is 11.5. The normalized spacial score (nSPS) is 11.8. The number of anilines is 1. The molecular formula is C12H16BrN3O3. The van der Waals surface area contributed by atoms with Gasteiger partial charge in [-0.25, -0.2) is 0 Å². The predicted octanol–water partition coefficient (Wildman–Crippen LogP) is 2.18. The molecule has 0 radical (unpaired) electrons. The van der Waals surface area contributed by atoms with E-state index in [-0.39, 0.29) is 17.5 Å². The van der Waals surface area contributed by atoms with Crippen LogP contribution in [0.1, 0.15) is 6.92 Å². The molecule has 1 atom stereocenters. The Bertz CT molecular complexity index is 493. The number of carbonyl (C=O) groups excluding carboxylic acids is 1. The summed E-state index contributed by atoms with van der Waals surface area (Å²) in [4.78, 5) is 23.8. The zero-order chi connectivity index (χ0) is 14.6. The van der Waals surface area contributed by atoms with E-state index in [1.165, 1.54) is 6.07 Å². The molecule has 0 bridgehead atoms. The van der Waals surface area contributed by atoms with Gasteiger partial charge in [0.15, 0.2) is 0 Å². The Morgan fingerprint density at radius 3 is 2.74 bits per heavy atom. The molecule has 0 spiro atoms. The topological polar surface area (TPSA) is 75.5 Å². The largest absolute Gasteiger partial charge is 0.368 e. The number of nitro benzene ring substituents is 1. The molecule has 1 amide bonds. The SMILES string of the molecule is CNC(=O)C(C)CN(C)c1cc(Br)ccc1[N+](=O)[O-]. The molecule has 6 nitrogen and oxygen atoms in total. The van der Waals surface area contributed by atoms with E-state index in [9.17, 15) is 14.9 Å². The van der Waals surface area contributed by atoms with E-state index in [4.69, 9.17) is 0 Å². The van der Waals surface area contributed by atoms with Crippen LogP contribution in [0.5, 0.6) is 0 Å². The first kappa shape index (κ1) is 15.4. The van der Waals surface area contributed by atoms with Crippen molar-refractivity contribution in [2.75, 3.05) is 25.5 Å². The van der Waals surface area contributed by atoms with Gasteiger partial charge in [-0.2, -0.15) is 0 Å². The second-order valence-corrected chi connectivity index (χ2v) is 5.20. The third-order valence-electron chi connectivity index (χ3n) is 2.79. The fraction of sp³-hybridized carbons (Fsp3) is 0.417.